The molecular formula is C14H14N2O4S. The molecule has 0 spiro atoms. The number of carbonyl (C=O) groups excluding carboxylic acids is 1. The maximum Gasteiger partial charge on any atom is 0.358 e. The Morgan fingerprint density at radius 2 is 2.00 bits per heavy atom. The van der Waals surface area contributed by atoms with Crippen LogP contribution in [0.2, 0.25) is 0 Å². The number of fused-ring (bicyclic) bond motifs is 3. The van der Waals surface area contributed by atoms with Crippen LogP contribution in [0.15, 0.2) is 18.3 Å². The van der Waals surface area contributed by atoms with Crippen LogP contribution in [0, 0.1) is 0 Å². The van der Waals surface area contributed by atoms with E-state index < -0.39 is 5.97 Å². The summed E-state index contributed by atoms with van der Waals surface area (Å²) < 4.78 is 18.4. The number of rotatable bonds is 4. The number of nitrogens with zero attached hydrogens (tertiary/aromatic N) is 2. The topological polar surface area (TPSA) is 62.1 Å². The fourth-order valence-corrected chi connectivity index (χ4v) is 3.15. The number of thiazole rings is 1. The summed E-state index contributed by atoms with van der Waals surface area (Å²) in [6, 6.07) is 3.77. The average Bonchev–Trinajstić information content (AvgIpc) is 3.03. The number of ether oxygens (including phenoxy) is 3. The molecule has 0 amide bonds. The maximum absolute atomic E-state index is 11.7. The van der Waals surface area contributed by atoms with Gasteiger partial charge < -0.3 is 14.2 Å². The summed E-state index contributed by atoms with van der Waals surface area (Å²) in [5.74, 6) is 0.887. The number of esters is 1. The van der Waals surface area contributed by atoms with Crippen molar-refractivity contribution in [1.82, 2.24) is 9.38 Å². The van der Waals surface area contributed by atoms with Crippen LogP contribution in [-0.2, 0) is 4.74 Å². The van der Waals surface area contributed by atoms with Crippen LogP contribution < -0.4 is 9.47 Å². The van der Waals surface area contributed by atoms with Crippen molar-refractivity contribution < 1.29 is 19.0 Å². The molecule has 2 heterocycles. The van der Waals surface area contributed by atoms with Gasteiger partial charge in [-0.25, -0.2) is 9.78 Å². The van der Waals surface area contributed by atoms with Crippen molar-refractivity contribution in [2.45, 2.75) is 6.92 Å². The number of aromatic nitrogens is 2. The van der Waals surface area contributed by atoms with Crippen molar-refractivity contribution >= 4 is 32.5 Å². The third kappa shape index (κ3) is 2.19. The number of carbonyl (C=O) groups is 1. The van der Waals surface area contributed by atoms with Crippen LogP contribution in [0.5, 0.6) is 11.5 Å². The molecule has 0 fully saturated rings. The van der Waals surface area contributed by atoms with Crippen LogP contribution in [0.3, 0.4) is 0 Å². The number of hydrogen-bond donors (Lipinski definition) is 0. The predicted molar refractivity (Wildman–Crippen MR) is 79.6 cm³/mol. The van der Waals surface area contributed by atoms with Gasteiger partial charge in [-0.2, -0.15) is 0 Å². The highest BCUT2D eigenvalue weighted by Crippen LogP contribution is 2.36. The Balaban J connectivity index is 2.17. The van der Waals surface area contributed by atoms with Gasteiger partial charge in [0.2, 0.25) is 0 Å². The molecule has 1 aromatic carbocycles. The highest BCUT2D eigenvalue weighted by molar-refractivity contribution is 7.23. The molecule has 21 heavy (non-hydrogen) atoms. The molecule has 0 saturated heterocycles. The van der Waals surface area contributed by atoms with Crippen molar-refractivity contribution in [3.63, 3.8) is 0 Å². The van der Waals surface area contributed by atoms with E-state index in [1.54, 1.807) is 27.3 Å². The first-order valence-corrected chi connectivity index (χ1v) is 7.20. The summed E-state index contributed by atoms with van der Waals surface area (Å²) in [5, 5.41) is 0. The van der Waals surface area contributed by atoms with Gasteiger partial charge in [-0.15, -0.1) is 0 Å². The zero-order valence-corrected chi connectivity index (χ0v) is 12.7. The first kappa shape index (κ1) is 13.7. The molecule has 7 heteroatoms. The van der Waals surface area contributed by atoms with Gasteiger partial charge in [-0.05, 0) is 6.92 Å². The van der Waals surface area contributed by atoms with Gasteiger partial charge in [0.1, 0.15) is 0 Å². The normalized spacial score (nSPS) is 11.0. The largest absolute Gasteiger partial charge is 0.493 e. The SMILES string of the molecule is CCOC(=O)c1cn2c(n1)sc1cc(OC)c(OC)cc12. The Bertz CT molecular complexity index is 821. The van der Waals surface area contributed by atoms with E-state index in [1.807, 2.05) is 16.5 Å². The minimum absolute atomic E-state index is 0.305. The van der Waals surface area contributed by atoms with Crippen molar-refractivity contribution in [3.8, 4) is 11.5 Å². The van der Waals surface area contributed by atoms with E-state index in [0.29, 0.717) is 23.8 Å². The molecule has 0 bridgehead atoms. The van der Waals surface area contributed by atoms with Crippen LogP contribution in [0.4, 0.5) is 0 Å². The Morgan fingerprint density at radius 1 is 1.29 bits per heavy atom. The second kappa shape index (κ2) is 5.25. The average molecular weight is 306 g/mol. The quantitative estimate of drug-likeness (QED) is 0.694. The van der Waals surface area contributed by atoms with E-state index in [9.17, 15) is 4.79 Å². The van der Waals surface area contributed by atoms with E-state index in [4.69, 9.17) is 14.2 Å². The monoisotopic (exact) mass is 306 g/mol. The van der Waals surface area contributed by atoms with Crippen molar-refractivity contribution in [2.75, 3.05) is 20.8 Å². The summed E-state index contributed by atoms with van der Waals surface area (Å²) in [7, 11) is 3.19. The molecule has 0 N–H and O–H groups in total. The van der Waals surface area contributed by atoms with Crippen LogP contribution in [-0.4, -0.2) is 36.2 Å². The Labute approximate surface area is 124 Å². The van der Waals surface area contributed by atoms with Crippen molar-refractivity contribution in [3.05, 3.63) is 24.0 Å². The van der Waals surface area contributed by atoms with E-state index in [1.165, 1.54) is 11.3 Å². The minimum atomic E-state index is -0.415. The van der Waals surface area contributed by atoms with E-state index >= 15 is 0 Å². The molecule has 0 aliphatic rings. The van der Waals surface area contributed by atoms with E-state index in [-0.39, 0.29) is 0 Å². The molecule has 0 atom stereocenters. The van der Waals surface area contributed by atoms with Gasteiger partial charge in [0.05, 0.1) is 31.0 Å². The van der Waals surface area contributed by atoms with Gasteiger partial charge in [-0.1, -0.05) is 11.3 Å². The summed E-state index contributed by atoms with van der Waals surface area (Å²) in [5.41, 5.74) is 1.22. The highest BCUT2D eigenvalue weighted by atomic mass is 32.1. The smallest absolute Gasteiger partial charge is 0.358 e. The molecule has 3 aromatic rings. The van der Waals surface area contributed by atoms with Gasteiger partial charge in [0, 0.05) is 18.3 Å². The summed E-state index contributed by atoms with van der Waals surface area (Å²) in [6.07, 6.45) is 1.68. The molecule has 2 aromatic heterocycles. The lowest BCUT2D eigenvalue weighted by molar-refractivity contribution is 0.0520. The number of benzene rings is 1. The predicted octanol–water partition coefficient (Wildman–Crippen LogP) is 2.74. The van der Waals surface area contributed by atoms with Gasteiger partial charge in [0.15, 0.2) is 22.2 Å². The first-order valence-electron chi connectivity index (χ1n) is 6.38. The lowest BCUT2D eigenvalue weighted by atomic mass is 10.3. The maximum atomic E-state index is 11.7. The Morgan fingerprint density at radius 3 is 2.67 bits per heavy atom. The molecule has 6 nitrogen and oxygen atoms in total. The van der Waals surface area contributed by atoms with Gasteiger partial charge >= 0.3 is 5.97 Å². The molecule has 110 valence electrons. The highest BCUT2D eigenvalue weighted by Gasteiger charge is 2.17. The van der Waals surface area contributed by atoms with Crippen LogP contribution >= 0.6 is 11.3 Å². The molecule has 0 radical (unpaired) electrons. The first-order chi connectivity index (χ1) is 10.2. The van der Waals surface area contributed by atoms with E-state index in [2.05, 4.69) is 4.98 Å². The summed E-state index contributed by atoms with van der Waals surface area (Å²) >= 11 is 1.48. The molecule has 0 unspecified atom stereocenters. The number of methoxy groups -OCH3 is 2. The molecule has 0 aliphatic carbocycles. The number of hydrogen-bond acceptors (Lipinski definition) is 6. The van der Waals surface area contributed by atoms with Gasteiger partial charge in [0.25, 0.3) is 0 Å². The molecule has 0 saturated carbocycles. The Hall–Kier alpha value is -2.28. The zero-order valence-electron chi connectivity index (χ0n) is 11.9. The second-order valence-electron chi connectivity index (χ2n) is 4.28. The second-order valence-corrected chi connectivity index (χ2v) is 5.29. The third-order valence-electron chi connectivity index (χ3n) is 3.08. The van der Waals surface area contributed by atoms with Crippen molar-refractivity contribution in [2.24, 2.45) is 0 Å². The zero-order chi connectivity index (χ0) is 15.0. The third-order valence-corrected chi connectivity index (χ3v) is 4.10. The summed E-state index contributed by atoms with van der Waals surface area (Å²) in [4.78, 5) is 16.8. The minimum Gasteiger partial charge on any atom is -0.493 e. The van der Waals surface area contributed by atoms with Crippen LogP contribution in [0.25, 0.3) is 15.2 Å². The lowest BCUT2D eigenvalue weighted by Crippen LogP contribution is -2.04. The fourth-order valence-electron chi connectivity index (χ4n) is 2.13. The molecule has 0 aliphatic heterocycles. The Kier molecular flexibility index (Phi) is 3.42. The molecule has 3 rings (SSSR count). The van der Waals surface area contributed by atoms with Gasteiger partial charge in [-0.3, -0.25) is 4.40 Å². The lowest BCUT2D eigenvalue weighted by Gasteiger charge is -2.06. The van der Waals surface area contributed by atoms with Crippen LogP contribution in [0.1, 0.15) is 17.4 Å². The summed E-state index contributed by atoms with van der Waals surface area (Å²) in [6.45, 7) is 2.10. The molecular weight excluding hydrogens is 292 g/mol. The van der Waals surface area contributed by atoms with E-state index in [0.717, 1.165) is 15.2 Å². The fraction of sp³-hybridized carbons (Fsp3) is 0.286. The standard InChI is InChI=1S/C14H14N2O4S/c1-4-20-13(17)8-7-16-9-5-10(18-2)11(19-3)6-12(9)21-14(16)15-8/h5-7H,4H2,1-3H3. The van der Waals surface area contributed by atoms with Crippen molar-refractivity contribution in [1.29, 1.82) is 0 Å². The number of imidazole rings is 1.